The quantitative estimate of drug-likeness (QED) is 0.415. The Balaban J connectivity index is 2.07. The van der Waals surface area contributed by atoms with Crippen molar-refractivity contribution in [3.8, 4) is 0 Å². The standard InChI is InChI=1S/C10H16O/c1-7(2)8-4-5-10(3)9(6-8)11-10/h4-5,7-9H,6H2,1-3H3. The molecule has 0 saturated carbocycles. The van der Waals surface area contributed by atoms with Crippen molar-refractivity contribution >= 4 is 0 Å². The van der Waals surface area contributed by atoms with E-state index in [-0.39, 0.29) is 5.60 Å². The summed E-state index contributed by atoms with van der Waals surface area (Å²) in [6.45, 7) is 6.73. The fourth-order valence-corrected chi connectivity index (χ4v) is 1.84. The highest BCUT2D eigenvalue weighted by molar-refractivity contribution is 5.20. The first-order valence-corrected chi connectivity index (χ1v) is 4.49. The molecule has 1 aliphatic heterocycles. The van der Waals surface area contributed by atoms with Crippen LogP contribution in [0.25, 0.3) is 0 Å². The second-order valence-electron chi connectivity index (χ2n) is 4.29. The van der Waals surface area contributed by atoms with Gasteiger partial charge in [0.1, 0.15) is 5.60 Å². The molecule has 0 N–H and O–H groups in total. The van der Waals surface area contributed by atoms with E-state index < -0.39 is 0 Å². The lowest BCUT2D eigenvalue weighted by Crippen LogP contribution is -2.18. The predicted molar refractivity (Wildman–Crippen MR) is 45.4 cm³/mol. The molecular weight excluding hydrogens is 136 g/mol. The highest BCUT2D eigenvalue weighted by Crippen LogP contribution is 2.46. The number of allylic oxidation sites excluding steroid dienone is 1. The zero-order valence-corrected chi connectivity index (χ0v) is 7.50. The number of hydrogen-bond acceptors (Lipinski definition) is 1. The average Bonchev–Trinajstić information content (AvgIpc) is 2.58. The largest absolute Gasteiger partial charge is 0.362 e. The molecule has 1 fully saturated rings. The number of fused-ring (bicyclic) bond motifs is 1. The lowest BCUT2D eigenvalue weighted by Gasteiger charge is -2.19. The van der Waals surface area contributed by atoms with Gasteiger partial charge in [-0.2, -0.15) is 0 Å². The lowest BCUT2D eigenvalue weighted by atomic mass is 9.83. The Morgan fingerprint density at radius 1 is 1.55 bits per heavy atom. The van der Waals surface area contributed by atoms with Gasteiger partial charge < -0.3 is 4.74 Å². The summed E-state index contributed by atoms with van der Waals surface area (Å²) >= 11 is 0. The molecule has 62 valence electrons. The molecule has 3 atom stereocenters. The minimum absolute atomic E-state index is 0.130. The van der Waals surface area contributed by atoms with E-state index in [1.54, 1.807) is 0 Å². The van der Waals surface area contributed by atoms with Gasteiger partial charge in [-0.3, -0.25) is 0 Å². The first-order valence-electron chi connectivity index (χ1n) is 4.49. The lowest BCUT2D eigenvalue weighted by molar-refractivity contribution is 0.324. The zero-order chi connectivity index (χ0) is 8.06. The van der Waals surface area contributed by atoms with Crippen molar-refractivity contribution in [2.75, 3.05) is 0 Å². The summed E-state index contributed by atoms with van der Waals surface area (Å²) in [4.78, 5) is 0. The molecule has 0 amide bonds. The Hall–Kier alpha value is -0.300. The summed E-state index contributed by atoms with van der Waals surface area (Å²) in [7, 11) is 0. The van der Waals surface area contributed by atoms with Crippen LogP contribution in [0.2, 0.25) is 0 Å². The van der Waals surface area contributed by atoms with Crippen LogP contribution in [-0.4, -0.2) is 11.7 Å². The van der Waals surface area contributed by atoms with Gasteiger partial charge in [0.05, 0.1) is 6.10 Å². The van der Waals surface area contributed by atoms with Gasteiger partial charge in [0.15, 0.2) is 0 Å². The van der Waals surface area contributed by atoms with E-state index >= 15 is 0 Å². The summed E-state index contributed by atoms with van der Waals surface area (Å²) in [5.41, 5.74) is 0.130. The molecule has 2 aliphatic rings. The van der Waals surface area contributed by atoms with Crippen molar-refractivity contribution in [1.82, 2.24) is 0 Å². The smallest absolute Gasteiger partial charge is 0.110 e. The molecule has 11 heavy (non-hydrogen) atoms. The molecular formula is C10H16O. The molecule has 1 heteroatoms. The van der Waals surface area contributed by atoms with Crippen LogP contribution in [0.3, 0.4) is 0 Å². The summed E-state index contributed by atoms with van der Waals surface area (Å²) in [5, 5.41) is 0. The van der Waals surface area contributed by atoms with E-state index in [2.05, 4.69) is 32.9 Å². The summed E-state index contributed by atoms with van der Waals surface area (Å²) < 4.78 is 5.56. The van der Waals surface area contributed by atoms with Crippen molar-refractivity contribution in [2.45, 2.75) is 38.9 Å². The molecule has 1 aliphatic carbocycles. The maximum atomic E-state index is 5.56. The third-order valence-electron chi connectivity index (χ3n) is 3.00. The molecule has 1 heterocycles. The molecule has 0 aromatic heterocycles. The number of ether oxygens (including phenoxy) is 1. The van der Waals surface area contributed by atoms with Crippen LogP contribution in [0, 0.1) is 11.8 Å². The molecule has 0 aromatic rings. The van der Waals surface area contributed by atoms with Gasteiger partial charge in [-0.05, 0) is 25.2 Å². The van der Waals surface area contributed by atoms with Crippen LogP contribution in [0.4, 0.5) is 0 Å². The van der Waals surface area contributed by atoms with Gasteiger partial charge in [0.25, 0.3) is 0 Å². The fraction of sp³-hybridized carbons (Fsp3) is 0.800. The molecule has 3 unspecified atom stereocenters. The van der Waals surface area contributed by atoms with Crippen LogP contribution >= 0.6 is 0 Å². The van der Waals surface area contributed by atoms with E-state index in [0.29, 0.717) is 6.10 Å². The van der Waals surface area contributed by atoms with Crippen LogP contribution in [0.1, 0.15) is 27.2 Å². The SMILES string of the molecule is CC(C)C1C=CC2(C)OC2C1. The Morgan fingerprint density at radius 2 is 2.27 bits per heavy atom. The average molecular weight is 152 g/mol. The van der Waals surface area contributed by atoms with Crippen molar-refractivity contribution < 1.29 is 4.74 Å². The fourth-order valence-electron chi connectivity index (χ4n) is 1.84. The second-order valence-corrected chi connectivity index (χ2v) is 4.29. The second kappa shape index (κ2) is 2.10. The Kier molecular flexibility index (Phi) is 1.40. The number of rotatable bonds is 1. The third-order valence-corrected chi connectivity index (χ3v) is 3.00. The minimum Gasteiger partial charge on any atom is -0.362 e. The summed E-state index contributed by atoms with van der Waals surface area (Å²) in [6, 6.07) is 0. The Labute approximate surface area is 68.4 Å². The van der Waals surface area contributed by atoms with Crippen LogP contribution < -0.4 is 0 Å². The molecule has 1 nitrogen and oxygen atoms in total. The Morgan fingerprint density at radius 3 is 2.82 bits per heavy atom. The molecule has 0 bridgehead atoms. The number of epoxide rings is 1. The first-order chi connectivity index (χ1) is 5.12. The van der Waals surface area contributed by atoms with Gasteiger partial charge in [-0.1, -0.05) is 26.0 Å². The monoisotopic (exact) mass is 152 g/mol. The van der Waals surface area contributed by atoms with E-state index in [9.17, 15) is 0 Å². The van der Waals surface area contributed by atoms with Gasteiger partial charge in [0, 0.05) is 0 Å². The van der Waals surface area contributed by atoms with E-state index in [4.69, 9.17) is 4.74 Å². The Bertz CT molecular complexity index is 195. The molecule has 1 saturated heterocycles. The van der Waals surface area contributed by atoms with Crippen molar-refractivity contribution in [3.63, 3.8) is 0 Å². The van der Waals surface area contributed by atoms with Crippen LogP contribution in [0.15, 0.2) is 12.2 Å². The summed E-state index contributed by atoms with van der Waals surface area (Å²) in [5.74, 6) is 1.51. The van der Waals surface area contributed by atoms with Gasteiger partial charge in [-0.25, -0.2) is 0 Å². The zero-order valence-electron chi connectivity index (χ0n) is 7.50. The van der Waals surface area contributed by atoms with Gasteiger partial charge in [-0.15, -0.1) is 0 Å². The number of hydrogen-bond donors (Lipinski definition) is 0. The van der Waals surface area contributed by atoms with Crippen molar-refractivity contribution in [1.29, 1.82) is 0 Å². The highest BCUT2D eigenvalue weighted by Gasteiger charge is 2.52. The van der Waals surface area contributed by atoms with Crippen LogP contribution in [0.5, 0.6) is 0 Å². The van der Waals surface area contributed by atoms with Crippen molar-refractivity contribution in [3.05, 3.63) is 12.2 Å². The molecule has 2 rings (SSSR count). The third kappa shape index (κ3) is 1.12. The summed E-state index contributed by atoms with van der Waals surface area (Å²) in [6.07, 6.45) is 6.32. The van der Waals surface area contributed by atoms with E-state index in [1.807, 2.05) is 0 Å². The maximum Gasteiger partial charge on any atom is 0.110 e. The maximum absolute atomic E-state index is 5.56. The predicted octanol–water partition coefficient (Wildman–Crippen LogP) is 2.38. The van der Waals surface area contributed by atoms with Crippen molar-refractivity contribution in [2.24, 2.45) is 11.8 Å². The highest BCUT2D eigenvalue weighted by atomic mass is 16.6. The van der Waals surface area contributed by atoms with E-state index in [1.165, 1.54) is 6.42 Å². The first kappa shape index (κ1) is 7.35. The molecule has 0 spiro atoms. The van der Waals surface area contributed by atoms with E-state index in [0.717, 1.165) is 11.8 Å². The molecule has 0 radical (unpaired) electrons. The van der Waals surface area contributed by atoms with Gasteiger partial charge in [0.2, 0.25) is 0 Å². The normalized spacial score (nSPS) is 47.6. The minimum atomic E-state index is 0.130. The topological polar surface area (TPSA) is 12.5 Å². The molecule has 0 aromatic carbocycles. The van der Waals surface area contributed by atoms with Crippen LogP contribution in [-0.2, 0) is 4.74 Å². The van der Waals surface area contributed by atoms with Gasteiger partial charge >= 0.3 is 0 Å².